The van der Waals surface area contributed by atoms with Crippen LogP contribution in [0.1, 0.15) is 51.9 Å². The molecule has 0 saturated heterocycles. The van der Waals surface area contributed by atoms with Crippen LogP contribution in [0.2, 0.25) is 0 Å². The zero-order chi connectivity index (χ0) is 13.1. The van der Waals surface area contributed by atoms with Crippen LogP contribution in [0.5, 0.6) is 5.75 Å². The molecular weight excluding hydrogens is 234 g/mol. The Hall–Kier alpha value is -1.18. The van der Waals surface area contributed by atoms with Crippen LogP contribution in [0.4, 0.5) is 5.69 Å². The van der Waals surface area contributed by atoms with Crippen molar-refractivity contribution in [3.8, 4) is 5.75 Å². The summed E-state index contributed by atoms with van der Waals surface area (Å²) in [6.07, 6.45) is 9.70. The molecule has 1 unspecified atom stereocenters. The van der Waals surface area contributed by atoms with Gasteiger partial charge in [0, 0.05) is 11.7 Å². The van der Waals surface area contributed by atoms with Crippen LogP contribution >= 0.6 is 0 Å². The van der Waals surface area contributed by atoms with Gasteiger partial charge in [0.2, 0.25) is 0 Å². The van der Waals surface area contributed by atoms with Crippen molar-refractivity contribution in [1.82, 2.24) is 0 Å². The van der Waals surface area contributed by atoms with Gasteiger partial charge in [0.05, 0.1) is 6.10 Å². The van der Waals surface area contributed by atoms with E-state index < -0.39 is 0 Å². The Balaban J connectivity index is 1.49. The van der Waals surface area contributed by atoms with Gasteiger partial charge >= 0.3 is 0 Å². The molecule has 0 aliphatic heterocycles. The molecule has 0 heterocycles. The van der Waals surface area contributed by atoms with E-state index in [1.807, 2.05) is 0 Å². The maximum Gasteiger partial charge on any atom is 0.119 e. The lowest BCUT2D eigenvalue weighted by Crippen LogP contribution is -2.15. The summed E-state index contributed by atoms with van der Waals surface area (Å²) in [7, 11) is 0. The van der Waals surface area contributed by atoms with E-state index >= 15 is 0 Å². The van der Waals surface area contributed by atoms with Crippen molar-refractivity contribution in [3.63, 3.8) is 0 Å². The first-order valence-electron chi connectivity index (χ1n) is 7.83. The van der Waals surface area contributed by atoms with Gasteiger partial charge in [-0.15, -0.1) is 0 Å². The summed E-state index contributed by atoms with van der Waals surface area (Å²) in [6.45, 7) is 2.28. The van der Waals surface area contributed by atoms with Crippen LogP contribution in [0.25, 0.3) is 0 Å². The molecule has 1 atom stereocenters. The second-order valence-electron chi connectivity index (χ2n) is 6.27. The summed E-state index contributed by atoms with van der Waals surface area (Å²) >= 11 is 0. The Kier molecular flexibility index (Phi) is 3.95. The summed E-state index contributed by atoms with van der Waals surface area (Å²) in [5, 5.41) is 3.58. The zero-order valence-corrected chi connectivity index (χ0v) is 11.9. The van der Waals surface area contributed by atoms with Crippen molar-refractivity contribution in [1.29, 1.82) is 0 Å². The topological polar surface area (TPSA) is 21.3 Å². The molecule has 1 aromatic rings. The molecule has 1 N–H and O–H groups in total. The number of benzene rings is 1. The predicted molar refractivity (Wildman–Crippen MR) is 79.8 cm³/mol. The molecule has 2 aliphatic rings. The molecular formula is C17H25NO. The number of ether oxygens (including phenoxy) is 1. The van der Waals surface area contributed by atoms with Gasteiger partial charge in [-0.1, -0.05) is 12.8 Å². The molecule has 2 fully saturated rings. The highest BCUT2D eigenvalue weighted by molar-refractivity contribution is 5.47. The highest BCUT2D eigenvalue weighted by atomic mass is 16.5. The maximum absolute atomic E-state index is 5.98. The molecule has 0 amide bonds. The summed E-state index contributed by atoms with van der Waals surface area (Å²) in [5.74, 6) is 2.00. The fraction of sp³-hybridized carbons (Fsp3) is 0.647. The predicted octanol–water partition coefficient (Wildman–Crippen LogP) is 4.61. The van der Waals surface area contributed by atoms with E-state index in [2.05, 4.69) is 36.5 Å². The van der Waals surface area contributed by atoms with Gasteiger partial charge in [0.15, 0.2) is 0 Å². The summed E-state index contributed by atoms with van der Waals surface area (Å²) < 4.78 is 5.98. The van der Waals surface area contributed by atoms with Crippen LogP contribution in [0.15, 0.2) is 24.3 Å². The fourth-order valence-electron chi connectivity index (χ4n) is 3.03. The van der Waals surface area contributed by atoms with Gasteiger partial charge < -0.3 is 10.1 Å². The molecule has 2 heteroatoms. The summed E-state index contributed by atoms with van der Waals surface area (Å²) in [5.41, 5.74) is 1.21. The van der Waals surface area contributed by atoms with E-state index in [-0.39, 0.29) is 0 Å². The van der Waals surface area contributed by atoms with Crippen molar-refractivity contribution in [2.45, 2.75) is 64.0 Å². The SMILES string of the molecule is CC(CC1CC1)Nc1ccc(OC2CCCC2)cc1. The van der Waals surface area contributed by atoms with Crippen molar-refractivity contribution in [2.24, 2.45) is 5.92 Å². The maximum atomic E-state index is 5.98. The Morgan fingerprint density at radius 1 is 1.11 bits per heavy atom. The van der Waals surface area contributed by atoms with E-state index in [1.165, 1.54) is 50.6 Å². The zero-order valence-electron chi connectivity index (χ0n) is 11.9. The van der Waals surface area contributed by atoms with E-state index in [1.54, 1.807) is 0 Å². The van der Waals surface area contributed by atoms with E-state index in [0.29, 0.717) is 12.1 Å². The second-order valence-corrected chi connectivity index (χ2v) is 6.27. The number of nitrogens with one attached hydrogen (secondary N) is 1. The van der Waals surface area contributed by atoms with Gasteiger partial charge in [0.1, 0.15) is 5.75 Å². The Labute approximate surface area is 116 Å². The van der Waals surface area contributed by atoms with Crippen LogP contribution in [0, 0.1) is 5.92 Å². The smallest absolute Gasteiger partial charge is 0.119 e. The number of anilines is 1. The van der Waals surface area contributed by atoms with Crippen molar-refractivity contribution in [3.05, 3.63) is 24.3 Å². The summed E-state index contributed by atoms with van der Waals surface area (Å²) in [4.78, 5) is 0. The van der Waals surface area contributed by atoms with Gasteiger partial charge in [-0.25, -0.2) is 0 Å². The van der Waals surface area contributed by atoms with Crippen molar-refractivity contribution < 1.29 is 4.74 Å². The van der Waals surface area contributed by atoms with Crippen LogP contribution < -0.4 is 10.1 Å². The minimum atomic E-state index is 0.451. The average Bonchev–Trinajstić information content (AvgIpc) is 3.05. The minimum Gasteiger partial charge on any atom is -0.490 e. The second kappa shape index (κ2) is 5.85. The van der Waals surface area contributed by atoms with Crippen LogP contribution in [-0.2, 0) is 0 Å². The molecule has 2 aliphatic carbocycles. The average molecular weight is 259 g/mol. The normalized spacial score (nSPS) is 21.3. The third kappa shape index (κ3) is 3.89. The van der Waals surface area contributed by atoms with Gasteiger partial charge in [-0.05, 0) is 69.2 Å². The lowest BCUT2D eigenvalue weighted by atomic mass is 10.1. The van der Waals surface area contributed by atoms with Crippen molar-refractivity contribution >= 4 is 5.69 Å². The highest BCUT2D eigenvalue weighted by Gasteiger charge is 2.23. The molecule has 0 spiro atoms. The highest BCUT2D eigenvalue weighted by Crippen LogP contribution is 2.34. The van der Waals surface area contributed by atoms with Crippen LogP contribution in [-0.4, -0.2) is 12.1 Å². The Morgan fingerprint density at radius 3 is 2.42 bits per heavy atom. The van der Waals surface area contributed by atoms with Gasteiger partial charge in [-0.2, -0.15) is 0 Å². The molecule has 2 saturated carbocycles. The monoisotopic (exact) mass is 259 g/mol. The molecule has 0 aromatic heterocycles. The molecule has 19 heavy (non-hydrogen) atoms. The largest absolute Gasteiger partial charge is 0.490 e. The van der Waals surface area contributed by atoms with E-state index in [0.717, 1.165) is 11.7 Å². The number of rotatable bonds is 6. The third-order valence-electron chi connectivity index (χ3n) is 4.26. The van der Waals surface area contributed by atoms with Gasteiger partial charge in [-0.3, -0.25) is 0 Å². The fourth-order valence-corrected chi connectivity index (χ4v) is 3.03. The number of hydrogen-bond donors (Lipinski definition) is 1. The first kappa shape index (κ1) is 12.8. The molecule has 1 aromatic carbocycles. The number of hydrogen-bond acceptors (Lipinski definition) is 2. The Morgan fingerprint density at radius 2 is 1.79 bits per heavy atom. The Bertz CT molecular complexity index is 390. The first-order chi connectivity index (χ1) is 9.29. The quantitative estimate of drug-likeness (QED) is 0.805. The lowest BCUT2D eigenvalue weighted by Gasteiger charge is -2.16. The molecule has 104 valence electrons. The first-order valence-corrected chi connectivity index (χ1v) is 7.83. The molecule has 2 nitrogen and oxygen atoms in total. The molecule has 0 radical (unpaired) electrons. The third-order valence-corrected chi connectivity index (χ3v) is 4.26. The van der Waals surface area contributed by atoms with Crippen LogP contribution in [0.3, 0.4) is 0 Å². The summed E-state index contributed by atoms with van der Waals surface area (Å²) in [6, 6.07) is 9.07. The van der Waals surface area contributed by atoms with E-state index in [4.69, 9.17) is 4.74 Å². The minimum absolute atomic E-state index is 0.451. The van der Waals surface area contributed by atoms with Crippen molar-refractivity contribution in [2.75, 3.05) is 5.32 Å². The van der Waals surface area contributed by atoms with Gasteiger partial charge in [0.25, 0.3) is 0 Å². The van der Waals surface area contributed by atoms with E-state index in [9.17, 15) is 0 Å². The lowest BCUT2D eigenvalue weighted by molar-refractivity contribution is 0.210. The molecule has 0 bridgehead atoms. The molecule has 3 rings (SSSR count). The standard InChI is InChI=1S/C17H25NO/c1-13(12-14-6-7-14)18-15-8-10-17(11-9-15)19-16-4-2-3-5-16/h8-11,13-14,16,18H,2-7,12H2,1H3.